The third-order valence-corrected chi connectivity index (χ3v) is 4.31. The predicted molar refractivity (Wildman–Crippen MR) is 90.6 cm³/mol. The van der Waals surface area contributed by atoms with Gasteiger partial charge in [0.25, 0.3) is 0 Å². The molecule has 5 heteroatoms. The summed E-state index contributed by atoms with van der Waals surface area (Å²) in [6.45, 7) is 7.65. The fourth-order valence-corrected chi connectivity index (χ4v) is 3.11. The number of piperazine rings is 1. The van der Waals surface area contributed by atoms with Crippen molar-refractivity contribution in [2.45, 2.75) is 39.3 Å². The van der Waals surface area contributed by atoms with E-state index >= 15 is 0 Å². The monoisotopic (exact) mass is 353 g/mol. The summed E-state index contributed by atoms with van der Waals surface area (Å²) in [4.78, 5) is 14.3. The highest BCUT2D eigenvalue weighted by Crippen LogP contribution is 2.28. The van der Waals surface area contributed by atoms with Crippen molar-refractivity contribution in [3.63, 3.8) is 0 Å². The van der Waals surface area contributed by atoms with Crippen molar-refractivity contribution < 1.29 is 4.79 Å². The maximum absolute atomic E-state index is 12.1. The van der Waals surface area contributed by atoms with Crippen LogP contribution in [0.5, 0.6) is 0 Å². The minimum absolute atomic E-state index is 0.0713. The van der Waals surface area contributed by atoms with E-state index in [0.29, 0.717) is 6.54 Å². The van der Waals surface area contributed by atoms with Gasteiger partial charge in [0, 0.05) is 29.8 Å². The summed E-state index contributed by atoms with van der Waals surface area (Å²) >= 11 is 3.55. The molecule has 1 fully saturated rings. The molecular formula is C16H24BrN3O. The zero-order chi connectivity index (χ0) is 15.2. The van der Waals surface area contributed by atoms with Crippen LogP contribution < -0.4 is 15.5 Å². The zero-order valence-electron chi connectivity index (χ0n) is 12.8. The lowest BCUT2D eigenvalue weighted by atomic mass is 10.1. The second-order valence-electron chi connectivity index (χ2n) is 5.36. The van der Waals surface area contributed by atoms with E-state index in [9.17, 15) is 4.79 Å². The van der Waals surface area contributed by atoms with E-state index in [1.165, 1.54) is 5.56 Å². The number of amides is 1. The minimum Gasteiger partial charge on any atom is -0.357 e. The average molecular weight is 354 g/mol. The van der Waals surface area contributed by atoms with Crippen molar-refractivity contribution in [3.8, 4) is 0 Å². The molecule has 1 amide bonds. The van der Waals surface area contributed by atoms with Gasteiger partial charge >= 0.3 is 0 Å². The number of halogens is 1. The van der Waals surface area contributed by atoms with Crippen molar-refractivity contribution in [2.75, 3.05) is 24.5 Å². The van der Waals surface area contributed by atoms with Crippen LogP contribution in [0.25, 0.3) is 0 Å². The number of hydrogen-bond donors (Lipinski definition) is 2. The number of rotatable bonds is 6. The lowest BCUT2D eigenvalue weighted by Gasteiger charge is -2.37. The molecule has 116 valence electrons. The Morgan fingerprint density at radius 1 is 1.43 bits per heavy atom. The molecule has 4 nitrogen and oxygen atoms in total. The van der Waals surface area contributed by atoms with Crippen molar-refractivity contribution in [1.82, 2.24) is 10.6 Å². The van der Waals surface area contributed by atoms with E-state index in [2.05, 4.69) is 63.5 Å². The SMILES string of the molecule is CCCNCc1ccc(Br)cc1N1CCNC(=O)C1CC. The normalized spacial score (nSPS) is 18.7. The third kappa shape index (κ3) is 3.98. The van der Waals surface area contributed by atoms with Crippen molar-refractivity contribution in [3.05, 3.63) is 28.2 Å². The number of nitrogens with zero attached hydrogens (tertiary/aromatic N) is 1. The average Bonchev–Trinajstić information content (AvgIpc) is 2.48. The molecule has 0 aromatic heterocycles. The topological polar surface area (TPSA) is 44.4 Å². The number of nitrogens with one attached hydrogen (secondary N) is 2. The first-order valence-electron chi connectivity index (χ1n) is 7.70. The summed E-state index contributed by atoms with van der Waals surface area (Å²) < 4.78 is 1.05. The van der Waals surface area contributed by atoms with Crippen molar-refractivity contribution in [2.24, 2.45) is 0 Å². The maximum atomic E-state index is 12.1. The van der Waals surface area contributed by atoms with Gasteiger partial charge in [-0.3, -0.25) is 4.79 Å². The summed E-state index contributed by atoms with van der Waals surface area (Å²) in [7, 11) is 0. The molecule has 0 bridgehead atoms. The Morgan fingerprint density at radius 3 is 2.95 bits per heavy atom. The highest BCUT2D eigenvalue weighted by Gasteiger charge is 2.29. The van der Waals surface area contributed by atoms with Gasteiger partial charge in [0.15, 0.2) is 0 Å². The zero-order valence-corrected chi connectivity index (χ0v) is 14.4. The van der Waals surface area contributed by atoms with Crippen LogP contribution in [-0.4, -0.2) is 31.6 Å². The molecule has 0 radical (unpaired) electrons. The highest BCUT2D eigenvalue weighted by atomic mass is 79.9. The molecule has 1 aliphatic heterocycles. The number of hydrogen-bond acceptors (Lipinski definition) is 3. The van der Waals surface area contributed by atoms with Crippen LogP contribution in [0.15, 0.2) is 22.7 Å². The Kier molecular flexibility index (Phi) is 6.06. The van der Waals surface area contributed by atoms with Gasteiger partial charge < -0.3 is 15.5 Å². The van der Waals surface area contributed by atoms with E-state index in [4.69, 9.17) is 0 Å². The van der Waals surface area contributed by atoms with Gasteiger partial charge in [0.05, 0.1) is 0 Å². The first-order chi connectivity index (χ1) is 10.2. The van der Waals surface area contributed by atoms with Gasteiger partial charge in [-0.1, -0.05) is 35.8 Å². The minimum atomic E-state index is -0.0713. The lowest BCUT2D eigenvalue weighted by molar-refractivity contribution is -0.123. The van der Waals surface area contributed by atoms with Gasteiger partial charge in [-0.25, -0.2) is 0 Å². The van der Waals surface area contributed by atoms with Crippen LogP contribution in [0.1, 0.15) is 32.3 Å². The van der Waals surface area contributed by atoms with Crippen LogP contribution in [0.4, 0.5) is 5.69 Å². The molecule has 1 saturated heterocycles. The molecule has 0 spiro atoms. The second kappa shape index (κ2) is 7.80. The molecule has 2 N–H and O–H groups in total. The number of carbonyl (C=O) groups is 1. The molecule has 1 aromatic carbocycles. The number of anilines is 1. The van der Waals surface area contributed by atoms with Crippen molar-refractivity contribution in [1.29, 1.82) is 0 Å². The first kappa shape index (κ1) is 16.3. The largest absolute Gasteiger partial charge is 0.357 e. The molecule has 1 unspecified atom stereocenters. The van der Waals surface area contributed by atoms with Gasteiger partial charge in [0.2, 0.25) is 5.91 Å². The fourth-order valence-electron chi connectivity index (χ4n) is 2.76. The summed E-state index contributed by atoms with van der Waals surface area (Å²) in [5.74, 6) is 0.135. The van der Waals surface area contributed by atoms with E-state index in [1.54, 1.807) is 0 Å². The Balaban J connectivity index is 2.27. The quantitative estimate of drug-likeness (QED) is 0.772. The highest BCUT2D eigenvalue weighted by molar-refractivity contribution is 9.10. The Morgan fingerprint density at radius 2 is 2.24 bits per heavy atom. The van der Waals surface area contributed by atoms with Crippen LogP contribution in [0.3, 0.4) is 0 Å². The molecule has 0 saturated carbocycles. The Bertz CT molecular complexity index is 492. The maximum Gasteiger partial charge on any atom is 0.242 e. The molecule has 21 heavy (non-hydrogen) atoms. The molecule has 1 atom stereocenters. The van der Waals surface area contributed by atoms with Gasteiger partial charge in [0.1, 0.15) is 6.04 Å². The van der Waals surface area contributed by atoms with Crippen molar-refractivity contribution >= 4 is 27.5 Å². The molecule has 2 rings (SSSR count). The smallest absolute Gasteiger partial charge is 0.242 e. The molecular weight excluding hydrogens is 330 g/mol. The van der Waals surface area contributed by atoms with E-state index in [-0.39, 0.29) is 11.9 Å². The molecule has 0 aliphatic carbocycles. The first-order valence-corrected chi connectivity index (χ1v) is 8.50. The second-order valence-corrected chi connectivity index (χ2v) is 6.27. The van der Waals surface area contributed by atoms with Gasteiger partial charge in [-0.2, -0.15) is 0 Å². The van der Waals surface area contributed by atoms with E-state index in [1.807, 2.05) is 0 Å². The Hall–Kier alpha value is -1.07. The lowest BCUT2D eigenvalue weighted by Crippen LogP contribution is -2.55. The van der Waals surface area contributed by atoms with Crippen LogP contribution in [0, 0.1) is 0 Å². The van der Waals surface area contributed by atoms with Gasteiger partial charge in [-0.15, -0.1) is 0 Å². The summed E-state index contributed by atoms with van der Waals surface area (Å²) in [5.41, 5.74) is 2.41. The van der Waals surface area contributed by atoms with Crippen LogP contribution >= 0.6 is 15.9 Å². The van der Waals surface area contributed by atoms with Crippen LogP contribution in [0.2, 0.25) is 0 Å². The van der Waals surface area contributed by atoms with Gasteiger partial charge in [-0.05, 0) is 37.1 Å². The Labute approximate surface area is 135 Å². The predicted octanol–water partition coefficient (Wildman–Crippen LogP) is 2.66. The molecule has 1 aromatic rings. The fraction of sp³-hybridized carbons (Fsp3) is 0.562. The summed E-state index contributed by atoms with van der Waals surface area (Å²) in [6.07, 6.45) is 1.94. The van der Waals surface area contributed by atoms with E-state index < -0.39 is 0 Å². The van der Waals surface area contributed by atoms with E-state index in [0.717, 1.165) is 42.6 Å². The summed E-state index contributed by atoms with van der Waals surface area (Å²) in [6, 6.07) is 6.26. The summed E-state index contributed by atoms with van der Waals surface area (Å²) in [5, 5.41) is 6.41. The molecule has 1 heterocycles. The third-order valence-electron chi connectivity index (χ3n) is 3.82. The number of carbonyl (C=O) groups excluding carboxylic acids is 1. The van der Waals surface area contributed by atoms with Crippen LogP contribution in [-0.2, 0) is 11.3 Å². The molecule has 1 aliphatic rings. The standard InChI is InChI=1S/C16H24BrN3O/c1-3-7-18-11-12-5-6-13(17)10-15(12)20-9-8-19-16(21)14(20)4-2/h5-6,10,14,18H,3-4,7-9,11H2,1-2H3,(H,19,21). The number of benzene rings is 1.